The van der Waals surface area contributed by atoms with Crippen LogP contribution in [0.4, 0.5) is 0 Å². The maximum atomic E-state index is 12.0. The van der Waals surface area contributed by atoms with Crippen LogP contribution in [0.2, 0.25) is 0 Å². The highest BCUT2D eigenvalue weighted by Crippen LogP contribution is 2.26. The highest BCUT2D eigenvalue weighted by Gasteiger charge is 2.22. The molecule has 0 aliphatic heterocycles. The average molecular weight is 268 g/mol. The summed E-state index contributed by atoms with van der Waals surface area (Å²) in [4.78, 5) is 14.5. The molecule has 1 rings (SSSR count). The van der Waals surface area contributed by atoms with Gasteiger partial charge >= 0.3 is 0 Å². The van der Waals surface area contributed by atoms with Crippen molar-refractivity contribution in [1.29, 1.82) is 0 Å². The van der Waals surface area contributed by atoms with Gasteiger partial charge in [-0.3, -0.25) is 4.79 Å². The molecule has 0 aliphatic rings. The Balaban J connectivity index is 2.67. The smallest absolute Gasteiger partial charge is 0.237 e. The molecule has 0 saturated heterocycles. The third kappa shape index (κ3) is 3.56. The van der Waals surface area contributed by atoms with Gasteiger partial charge in [0.1, 0.15) is 0 Å². The van der Waals surface area contributed by atoms with Gasteiger partial charge in [-0.05, 0) is 38.3 Å². The molecule has 1 heterocycles. The quantitative estimate of drug-likeness (QED) is 0.862. The molecule has 3 nitrogen and oxygen atoms in total. The second-order valence-electron chi connectivity index (χ2n) is 5.01. The zero-order valence-electron chi connectivity index (χ0n) is 11.9. The van der Waals surface area contributed by atoms with E-state index >= 15 is 0 Å². The van der Waals surface area contributed by atoms with E-state index in [0.29, 0.717) is 0 Å². The maximum absolute atomic E-state index is 12.0. The summed E-state index contributed by atoms with van der Waals surface area (Å²) in [7, 11) is 0. The van der Waals surface area contributed by atoms with Gasteiger partial charge in [0.05, 0.1) is 12.1 Å². The molecule has 0 aliphatic carbocycles. The van der Waals surface area contributed by atoms with Crippen molar-refractivity contribution in [3.63, 3.8) is 0 Å². The minimum absolute atomic E-state index is 0.0255. The van der Waals surface area contributed by atoms with E-state index in [9.17, 15) is 4.79 Å². The third-order valence-corrected chi connectivity index (χ3v) is 4.45. The van der Waals surface area contributed by atoms with Crippen LogP contribution in [0, 0.1) is 19.8 Å². The van der Waals surface area contributed by atoms with Crippen LogP contribution in [0.5, 0.6) is 0 Å². The average Bonchev–Trinajstić information content (AvgIpc) is 2.66. The van der Waals surface area contributed by atoms with E-state index < -0.39 is 6.04 Å². The van der Waals surface area contributed by atoms with Crippen LogP contribution in [0.1, 0.15) is 48.6 Å². The summed E-state index contributed by atoms with van der Waals surface area (Å²) in [6.07, 6.45) is 0.916. The van der Waals surface area contributed by atoms with Crippen LogP contribution in [0.25, 0.3) is 0 Å². The number of carbonyl (C=O) groups excluding carboxylic acids is 1. The lowest BCUT2D eigenvalue weighted by atomic mass is 9.99. The van der Waals surface area contributed by atoms with Crippen molar-refractivity contribution >= 4 is 17.2 Å². The Hall–Kier alpha value is -0.870. The molecule has 0 saturated carbocycles. The zero-order chi connectivity index (χ0) is 13.9. The highest BCUT2D eigenvalue weighted by molar-refractivity contribution is 7.12. The minimum Gasteiger partial charge on any atom is -0.348 e. The summed E-state index contributed by atoms with van der Waals surface area (Å²) in [5.41, 5.74) is 7.13. The summed E-state index contributed by atoms with van der Waals surface area (Å²) in [6, 6.07) is 1.75. The Labute approximate surface area is 114 Å². The van der Waals surface area contributed by atoms with Gasteiger partial charge in [-0.1, -0.05) is 20.3 Å². The summed E-state index contributed by atoms with van der Waals surface area (Å²) in [5.74, 6) is 0.155. The van der Waals surface area contributed by atoms with Crippen LogP contribution in [0.15, 0.2) is 6.07 Å². The van der Waals surface area contributed by atoms with Gasteiger partial charge in [0.15, 0.2) is 0 Å². The van der Waals surface area contributed by atoms with Crippen molar-refractivity contribution in [2.24, 2.45) is 11.7 Å². The summed E-state index contributed by atoms with van der Waals surface area (Å²) < 4.78 is 0. The number of nitrogens with one attached hydrogen (secondary N) is 1. The Kier molecular flexibility index (Phi) is 5.35. The summed E-state index contributed by atoms with van der Waals surface area (Å²) >= 11 is 1.76. The topological polar surface area (TPSA) is 55.1 Å². The first kappa shape index (κ1) is 15.2. The molecule has 18 heavy (non-hydrogen) atoms. The van der Waals surface area contributed by atoms with E-state index in [4.69, 9.17) is 5.73 Å². The van der Waals surface area contributed by atoms with Gasteiger partial charge in [0.25, 0.3) is 0 Å². The Morgan fingerprint density at radius 1 is 1.44 bits per heavy atom. The van der Waals surface area contributed by atoms with E-state index in [-0.39, 0.29) is 17.9 Å². The lowest BCUT2D eigenvalue weighted by Crippen LogP contribution is -2.45. The van der Waals surface area contributed by atoms with Crippen LogP contribution in [-0.2, 0) is 4.79 Å². The Morgan fingerprint density at radius 3 is 2.50 bits per heavy atom. The number of nitrogens with two attached hydrogens (primary N) is 1. The van der Waals surface area contributed by atoms with E-state index in [1.54, 1.807) is 11.3 Å². The second-order valence-corrected chi connectivity index (χ2v) is 6.47. The summed E-state index contributed by atoms with van der Waals surface area (Å²) in [6.45, 7) is 10.2. The van der Waals surface area contributed by atoms with E-state index in [1.165, 1.54) is 15.3 Å². The normalized spacial score (nSPS) is 16.1. The minimum atomic E-state index is -0.419. The summed E-state index contributed by atoms with van der Waals surface area (Å²) in [5, 5.41) is 3.01. The highest BCUT2D eigenvalue weighted by atomic mass is 32.1. The lowest BCUT2D eigenvalue weighted by Gasteiger charge is -2.21. The van der Waals surface area contributed by atoms with E-state index in [1.807, 2.05) is 20.8 Å². The van der Waals surface area contributed by atoms with Crippen LogP contribution in [0.3, 0.4) is 0 Å². The molecule has 2 unspecified atom stereocenters. The first-order valence-electron chi connectivity index (χ1n) is 6.49. The molecule has 102 valence electrons. The number of rotatable bonds is 5. The Bertz CT molecular complexity index is 414. The number of carbonyl (C=O) groups is 1. The SMILES string of the molecule is CCC(C)[C@H](N)C(=O)NC(C)c1cc(C)sc1C. The molecule has 0 aromatic carbocycles. The number of aryl methyl sites for hydroxylation is 2. The van der Waals surface area contributed by atoms with Crippen LogP contribution >= 0.6 is 11.3 Å². The molecule has 1 aromatic rings. The molecule has 1 amide bonds. The maximum Gasteiger partial charge on any atom is 0.237 e. The molecular weight excluding hydrogens is 244 g/mol. The van der Waals surface area contributed by atoms with Crippen molar-refractivity contribution in [3.8, 4) is 0 Å². The fourth-order valence-electron chi connectivity index (χ4n) is 1.98. The van der Waals surface area contributed by atoms with Gasteiger partial charge in [0, 0.05) is 9.75 Å². The largest absolute Gasteiger partial charge is 0.348 e. The Morgan fingerprint density at radius 2 is 2.06 bits per heavy atom. The fourth-order valence-corrected chi connectivity index (χ4v) is 3.00. The van der Waals surface area contributed by atoms with E-state index in [0.717, 1.165) is 6.42 Å². The van der Waals surface area contributed by atoms with Crippen molar-refractivity contribution in [2.75, 3.05) is 0 Å². The number of hydrogen-bond acceptors (Lipinski definition) is 3. The van der Waals surface area contributed by atoms with Crippen LogP contribution in [-0.4, -0.2) is 11.9 Å². The molecule has 0 spiro atoms. The molecule has 3 atom stereocenters. The monoisotopic (exact) mass is 268 g/mol. The van der Waals surface area contributed by atoms with E-state index in [2.05, 4.69) is 25.2 Å². The van der Waals surface area contributed by atoms with Crippen molar-refractivity contribution in [2.45, 2.75) is 53.1 Å². The van der Waals surface area contributed by atoms with Gasteiger partial charge in [-0.25, -0.2) is 0 Å². The van der Waals surface area contributed by atoms with Crippen molar-refractivity contribution in [3.05, 3.63) is 21.4 Å². The van der Waals surface area contributed by atoms with Gasteiger partial charge in [-0.2, -0.15) is 0 Å². The predicted molar refractivity (Wildman–Crippen MR) is 77.8 cm³/mol. The number of hydrogen-bond donors (Lipinski definition) is 2. The first-order chi connectivity index (χ1) is 8.36. The molecule has 0 bridgehead atoms. The molecule has 3 N–H and O–H groups in total. The predicted octanol–water partition coefficient (Wildman–Crippen LogP) is 2.92. The van der Waals surface area contributed by atoms with Crippen molar-refractivity contribution < 1.29 is 4.79 Å². The van der Waals surface area contributed by atoms with Crippen LogP contribution < -0.4 is 11.1 Å². The standard InChI is InChI=1S/C14H24N2OS/c1-6-8(2)13(15)14(17)16-10(4)12-7-9(3)18-11(12)5/h7-8,10,13H,6,15H2,1-5H3,(H,16,17)/t8?,10?,13-/m0/s1. The molecule has 4 heteroatoms. The van der Waals surface area contributed by atoms with Crippen molar-refractivity contribution in [1.82, 2.24) is 5.32 Å². The molecule has 1 aromatic heterocycles. The van der Waals surface area contributed by atoms with Gasteiger partial charge < -0.3 is 11.1 Å². The second kappa shape index (κ2) is 6.34. The fraction of sp³-hybridized carbons (Fsp3) is 0.643. The molecule has 0 radical (unpaired) electrons. The van der Waals surface area contributed by atoms with Gasteiger partial charge in [-0.15, -0.1) is 11.3 Å². The lowest BCUT2D eigenvalue weighted by molar-refractivity contribution is -0.124. The zero-order valence-corrected chi connectivity index (χ0v) is 12.7. The molecule has 0 fully saturated rings. The first-order valence-corrected chi connectivity index (χ1v) is 7.31. The van der Waals surface area contributed by atoms with Gasteiger partial charge in [0.2, 0.25) is 5.91 Å². The number of thiophene rings is 1. The molecular formula is C14H24N2OS. The third-order valence-electron chi connectivity index (χ3n) is 3.46. The number of amides is 1.